The van der Waals surface area contributed by atoms with Gasteiger partial charge in [0, 0.05) is 36.4 Å². The molecule has 4 N–H and O–H groups in total. The smallest absolute Gasteiger partial charge is 0.273 e. The van der Waals surface area contributed by atoms with Gasteiger partial charge < -0.3 is 0 Å². The molecule has 0 saturated heterocycles. The predicted molar refractivity (Wildman–Crippen MR) is 120 cm³/mol. The summed E-state index contributed by atoms with van der Waals surface area (Å²) in [5.74, 6) is 0. The van der Waals surface area contributed by atoms with Crippen LogP contribution in [-0.4, -0.2) is 86.0 Å². The first-order valence-corrected chi connectivity index (χ1v) is 12.0. The van der Waals surface area contributed by atoms with E-state index in [0.717, 1.165) is 0 Å². The first-order valence-electron chi connectivity index (χ1n) is 10.5. The fraction of sp³-hybridized carbons (Fsp3) is 0.684. The summed E-state index contributed by atoms with van der Waals surface area (Å²) in [6.45, 7) is 12.1. The van der Waals surface area contributed by atoms with Gasteiger partial charge >= 0.3 is 0 Å². The number of aromatic nitrogens is 9. The van der Waals surface area contributed by atoms with Crippen molar-refractivity contribution in [1.82, 2.24) is 51.1 Å². The van der Waals surface area contributed by atoms with E-state index in [2.05, 4.69) is 51.1 Å². The molecule has 0 amide bonds. The summed E-state index contributed by atoms with van der Waals surface area (Å²) in [6.07, 6.45) is 4.43. The van der Waals surface area contributed by atoms with Gasteiger partial charge in [0.2, 0.25) is 0 Å². The number of nitrogens with one attached hydrogen (secondary N) is 3. The molecular weight excluding hydrogens is 448 g/mol. The van der Waals surface area contributed by atoms with Crippen molar-refractivity contribution in [2.24, 2.45) is 0 Å². The number of hydrogen-bond acceptors (Lipinski definition) is 9. The van der Waals surface area contributed by atoms with E-state index in [4.69, 9.17) is 0 Å². The molecule has 0 aliphatic heterocycles. The van der Waals surface area contributed by atoms with Crippen molar-refractivity contribution in [3.8, 4) is 0 Å². The highest BCUT2D eigenvalue weighted by Gasteiger charge is 2.56. The second-order valence-electron chi connectivity index (χ2n) is 10.2. The van der Waals surface area contributed by atoms with Gasteiger partial charge in [0.15, 0.2) is 0 Å². The summed E-state index contributed by atoms with van der Waals surface area (Å²) in [5, 5.41) is 31.6. The quantitative estimate of drug-likeness (QED) is 0.322. The Morgan fingerprint density at radius 2 is 1.21 bits per heavy atom. The SMILES string of the molecule is CC(C)(C)N(C(Cc1cn[nH]n1)C(Cc1cn[nH]n1)(Cc1cn[nH]n1)S(=O)(=O)O)C(C)(C)C. The number of aromatic amines is 3. The second-order valence-corrected chi connectivity index (χ2v) is 12.0. The van der Waals surface area contributed by atoms with E-state index in [1.54, 1.807) is 6.20 Å². The minimum atomic E-state index is -4.71. The van der Waals surface area contributed by atoms with Crippen LogP contribution in [0.3, 0.4) is 0 Å². The summed E-state index contributed by atoms with van der Waals surface area (Å²) >= 11 is 0. The largest absolute Gasteiger partial charge is 0.289 e. The molecule has 3 rings (SSSR count). The third-order valence-corrected chi connectivity index (χ3v) is 7.22. The molecule has 0 spiro atoms. The summed E-state index contributed by atoms with van der Waals surface area (Å²) in [7, 11) is -4.71. The average molecular weight is 481 g/mol. The van der Waals surface area contributed by atoms with Crippen molar-refractivity contribution in [1.29, 1.82) is 0 Å². The van der Waals surface area contributed by atoms with E-state index >= 15 is 0 Å². The maximum atomic E-state index is 13.4. The lowest BCUT2D eigenvalue weighted by Gasteiger charge is -2.55. The fourth-order valence-electron chi connectivity index (χ4n) is 4.86. The Hall–Kier alpha value is -2.71. The predicted octanol–water partition coefficient (Wildman–Crippen LogP) is 0.963. The molecule has 3 heterocycles. The Morgan fingerprint density at radius 1 is 0.818 bits per heavy atom. The normalized spacial score (nSPS) is 14.7. The van der Waals surface area contributed by atoms with E-state index < -0.39 is 32.0 Å². The van der Waals surface area contributed by atoms with Gasteiger partial charge in [0.25, 0.3) is 10.1 Å². The molecule has 182 valence electrons. The molecular formula is C19H32N10O3S. The number of H-pyrrole nitrogens is 3. The van der Waals surface area contributed by atoms with E-state index in [9.17, 15) is 13.0 Å². The van der Waals surface area contributed by atoms with Crippen molar-refractivity contribution in [3.05, 3.63) is 35.7 Å². The van der Waals surface area contributed by atoms with Gasteiger partial charge in [-0.3, -0.25) is 9.45 Å². The van der Waals surface area contributed by atoms with Crippen LogP contribution in [0.2, 0.25) is 0 Å². The summed E-state index contributed by atoms with van der Waals surface area (Å²) < 4.78 is 35.9. The third kappa shape index (κ3) is 5.45. The Morgan fingerprint density at radius 3 is 1.52 bits per heavy atom. The molecule has 0 aliphatic rings. The fourth-order valence-corrected chi connectivity index (χ4v) is 6.06. The van der Waals surface area contributed by atoms with Crippen LogP contribution in [0.5, 0.6) is 0 Å². The van der Waals surface area contributed by atoms with Crippen LogP contribution in [-0.2, 0) is 29.4 Å². The Balaban J connectivity index is 2.31. The zero-order valence-electron chi connectivity index (χ0n) is 19.7. The molecule has 3 aromatic rings. The van der Waals surface area contributed by atoms with Gasteiger partial charge in [-0.15, -0.1) is 0 Å². The second kappa shape index (κ2) is 8.91. The summed E-state index contributed by atoms with van der Waals surface area (Å²) in [5.41, 5.74) is 0.367. The molecule has 0 radical (unpaired) electrons. The first kappa shape index (κ1) is 24.9. The topological polar surface area (TPSA) is 182 Å². The highest BCUT2D eigenvalue weighted by atomic mass is 32.2. The standard InChI is InChI=1S/C19H32N10O3S/c1-17(2,3)29(18(4,5)6)16(7-13-10-20-26-23-13)19(33(30,31)32,8-14-11-21-27-24-14)9-15-12-22-28-25-15/h10-12,16H,7-9H2,1-6H3,(H,20,23,26)(H,21,24,27)(H,22,25,28)(H,30,31,32). The lowest BCUT2D eigenvalue weighted by Crippen LogP contribution is -2.68. The monoisotopic (exact) mass is 480 g/mol. The van der Waals surface area contributed by atoms with Crippen LogP contribution in [0.15, 0.2) is 18.6 Å². The van der Waals surface area contributed by atoms with Crippen molar-refractivity contribution < 1.29 is 13.0 Å². The molecule has 14 heteroatoms. The van der Waals surface area contributed by atoms with E-state index in [1.807, 2.05) is 41.5 Å². The van der Waals surface area contributed by atoms with Gasteiger partial charge in [-0.25, -0.2) is 0 Å². The summed E-state index contributed by atoms with van der Waals surface area (Å²) in [6, 6.07) is -0.758. The lowest BCUT2D eigenvalue weighted by molar-refractivity contribution is -0.0245. The first-order chi connectivity index (χ1) is 15.2. The van der Waals surface area contributed by atoms with Crippen molar-refractivity contribution >= 4 is 10.1 Å². The number of hydrogen-bond donors (Lipinski definition) is 4. The van der Waals surface area contributed by atoms with Crippen LogP contribution < -0.4 is 0 Å². The molecule has 1 unspecified atom stereocenters. The Kier molecular flexibility index (Phi) is 6.73. The molecule has 3 aromatic heterocycles. The number of rotatable bonds is 9. The van der Waals surface area contributed by atoms with Crippen LogP contribution in [0.1, 0.15) is 58.6 Å². The van der Waals surface area contributed by atoms with Crippen molar-refractivity contribution in [3.63, 3.8) is 0 Å². The number of nitrogens with zero attached hydrogens (tertiary/aromatic N) is 7. The molecule has 0 aromatic carbocycles. The molecule has 1 atom stereocenters. The van der Waals surface area contributed by atoms with Gasteiger partial charge in [-0.1, -0.05) is 0 Å². The van der Waals surface area contributed by atoms with Crippen molar-refractivity contribution in [2.75, 3.05) is 0 Å². The minimum Gasteiger partial charge on any atom is -0.289 e. The van der Waals surface area contributed by atoms with Gasteiger partial charge in [0.1, 0.15) is 4.75 Å². The average Bonchev–Trinajstić information content (AvgIpc) is 3.41. The minimum absolute atomic E-state index is 0.111. The maximum Gasteiger partial charge on any atom is 0.273 e. The Bertz CT molecular complexity index is 1050. The van der Waals surface area contributed by atoms with E-state index in [0.29, 0.717) is 17.1 Å². The maximum absolute atomic E-state index is 13.4. The molecule has 0 bridgehead atoms. The van der Waals surface area contributed by atoms with Crippen LogP contribution in [0.4, 0.5) is 0 Å². The van der Waals surface area contributed by atoms with Crippen molar-refractivity contribution in [2.45, 2.75) is 82.7 Å². The van der Waals surface area contributed by atoms with Crippen LogP contribution >= 0.6 is 0 Å². The molecule has 0 aliphatic carbocycles. The zero-order valence-corrected chi connectivity index (χ0v) is 20.5. The highest BCUT2D eigenvalue weighted by molar-refractivity contribution is 7.87. The third-order valence-electron chi connectivity index (χ3n) is 5.64. The molecule has 0 fully saturated rings. The molecule has 0 saturated carbocycles. The van der Waals surface area contributed by atoms with Gasteiger partial charge in [-0.2, -0.15) is 54.7 Å². The van der Waals surface area contributed by atoms with E-state index in [-0.39, 0.29) is 19.3 Å². The highest BCUT2D eigenvalue weighted by Crippen LogP contribution is 2.40. The van der Waals surface area contributed by atoms with E-state index in [1.165, 1.54) is 12.4 Å². The summed E-state index contributed by atoms with van der Waals surface area (Å²) in [4.78, 5) is 2.10. The lowest BCUT2D eigenvalue weighted by atomic mass is 9.80. The van der Waals surface area contributed by atoms with Crippen LogP contribution in [0, 0.1) is 0 Å². The Labute approximate surface area is 192 Å². The molecule has 13 nitrogen and oxygen atoms in total. The van der Waals surface area contributed by atoms with Gasteiger partial charge in [0.05, 0.1) is 35.7 Å². The van der Waals surface area contributed by atoms with Crippen LogP contribution in [0.25, 0.3) is 0 Å². The zero-order chi connectivity index (χ0) is 24.5. The van der Waals surface area contributed by atoms with Gasteiger partial charge in [-0.05, 0) is 41.5 Å². The molecule has 33 heavy (non-hydrogen) atoms.